The zero-order valence-electron chi connectivity index (χ0n) is 7.59. The van der Waals surface area contributed by atoms with E-state index in [0.717, 1.165) is 12.1 Å². The molecule has 0 aliphatic rings. The van der Waals surface area contributed by atoms with Crippen LogP contribution in [0.2, 0.25) is 0 Å². The number of hydrogen-bond donors (Lipinski definition) is 0. The van der Waals surface area contributed by atoms with E-state index in [-0.39, 0.29) is 6.29 Å². The summed E-state index contributed by atoms with van der Waals surface area (Å²) < 4.78 is 63.3. The van der Waals surface area contributed by atoms with Crippen molar-refractivity contribution in [2.24, 2.45) is 0 Å². The summed E-state index contributed by atoms with van der Waals surface area (Å²) in [6.45, 7) is 0. The van der Waals surface area contributed by atoms with E-state index in [1.165, 1.54) is 0 Å². The zero-order valence-corrected chi connectivity index (χ0v) is 7.59. The fourth-order valence-electron chi connectivity index (χ4n) is 1.05. The van der Waals surface area contributed by atoms with Crippen molar-refractivity contribution in [1.29, 1.82) is 0 Å². The predicted molar refractivity (Wildman–Crippen MR) is 43.5 cm³/mol. The molecule has 0 bridgehead atoms. The van der Waals surface area contributed by atoms with Crippen LogP contribution < -0.4 is 4.74 Å². The van der Waals surface area contributed by atoms with Crippen molar-refractivity contribution in [3.8, 4) is 5.75 Å². The molecule has 0 radical (unpaired) electrons. The Labute approximate surface area is 86.6 Å². The number of rotatable bonds is 3. The Morgan fingerprint density at radius 2 is 1.88 bits per heavy atom. The molecule has 88 valence electrons. The Morgan fingerprint density at radius 1 is 1.25 bits per heavy atom. The Hall–Kier alpha value is -1.66. The number of ether oxygens (including phenoxy) is 1. The summed E-state index contributed by atoms with van der Waals surface area (Å²) in [5.41, 5.74) is -1.17. The van der Waals surface area contributed by atoms with E-state index in [4.69, 9.17) is 0 Å². The van der Waals surface area contributed by atoms with Gasteiger partial charge in [0.15, 0.2) is 6.29 Å². The molecule has 1 aromatic rings. The third kappa shape index (κ3) is 3.18. The maximum Gasteiger partial charge on any atom is 0.573 e. The highest BCUT2D eigenvalue weighted by atomic mass is 19.4. The largest absolute Gasteiger partial charge is 0.573 e. The lowest BCUT2D eigenvalue weighted by Crippen LogP contribution is -2.17. The molecular weight excluding hydrogens is 235 g/mol. The SMILES string of the molecule is O=Cc1cc(OC(F)(F)F)ccc1C(F)F. The quantitative estimate of drug-likeness (QED) is 0.598. The average Bonchev–Trinajstić information content (AvgIpc) is 2.14. The van der Waals surface area contributed by atoms with E-state index in [2.05, 4.69) is 4.74 Å². The number of carbonyl (C=O) groups is 1. The summed E-state index contributed by atoms with van der Waals surface area (Å²) in [6, 6.07) is 2.06. The molecule has 1 aromatic carbocycles. The third-order valence-corrected chi connectivity index (χ3v) is 1.65. The van der Waals surface area contributed by atoms with Crippen LogP contribution in [0.4, 0.5) is 22.0 Å². The maximum absolute atomic E-state index is 12.3. The first-order chi connectivity index (χ1) is 7.33. The second kappa shape index (κ2) is 4.46. The van der Waals surface area contributed by atoms with Crippen molar-refractivity contribution in [3.05, 3.63) is 29.3 Å². The highest BCUT2D eigenvalue weighted by Crippen LogP contribution is 2.28. The molecule has 1 rings (SSSR count). The molecule has 16 heavy (non-hydrogen) atoms. The molecule has 0 atom stereocenters. The van der Waals surface area contributed by atoms with Gasteiger partial charge in [0.2, 0.25) is 0 Å². The minimum atomic E-state index is -4.92. The van der Waals surface area contributed by atoms with E-state index in [1.54, 1.807) is 0 Å². The highest BCUT2D eigenvalue weighted by Gasteiger charge is 2.31. The summed E-state index contributed by atoms with van der Waals surface area (Å²) >= 11 is 0. The van der Waals surface area contributed by atoms with Gasteiger partial charge in [-0.1, -0.05) is 0 Å². The monoisotopic (exact) mass is 240 g/mol. The van der Waals surface area contributed by atoms with Crippen LogP contribution in [0.25, 0.3) is 0 Å². The van der Waals surface area contributed by atoms with Crippen LogP contribution in [0, 0.1) is 0 Å². The van der Waals surface area contributed by atoms with Crippen molar-refractivity contribution < 1.29 is 31.5 Å². The molecule has 0 fully saturated rings. The van der Waals surface area contributed by atoms with Gasteiger partial charge in [-0.05, 0) is 18.2 Å². The standard InChI is InChI=1S/C9H5F5O2/c10-8(11)7-2-1-6(3-5(7)4-15)16-9(12,13)14/h1-4,8H. The van der Waals surface area contributed by atoms with Gasteiger partial charge in [-0.2, -0.15) is 0 Å². The number of benzene rings is 1. The second-order valence-electron chi connectivity index (χ2n) is 2.76. The molecule has 0 N–H and O–H groups in total. The molecule has 7 heteroatoms. The molecule has 0 heterocycles. The number of halogens is 5. The van der Waals surface area contributed by atoms with Gasteiger partial charge in [0.1, 0.15) is 5.75 Å². The van der Waals surface area contributed by atoms with Gasteiger partial charge in [0, 0.05) is 11.1 Å². The van der Waals surface area contributed by atoms with Crippen molar-refractivity contribution in [3.63, 3.8) is 0 Å². The summed E-state index contributed by atoms with van der Waals surface area (Å²) in [4.78, 5) is 10.4. The number of aldehydes is 1. The van der Waals surface area contributed by atoms with Crippen LogP contribution in [-0.2, 0) is 0 Å². The van der Waals surface area contributed by atoms with Gasteiger partial charge in [0.05, 0.1) is 0 Å². The first-order valence-electron chi connectivity index (χ1n) is 3.96. The molecule has 0 saturated heterocycles. The maximum atomic E-state index is 12.3. The first kappa shape index (κ1) is 12.4. The van der Waals surface area contributed by atoms with Crippen LogP contribution in [0.5, 0.6) is 5.75 Å². The molecule has 0 aromatic heterocycles. The topological polar surface area (TPSA) is 26.3 Å². The average molecular weight is 240 g/mol. The van der Waals surface area contributed by atoms with E-state index >= 15 is 0 Å². The van der Waals surface area contributed by atoms with Crippen molar-refractivity contribution >= 4 is 6.29 Å². The molecule has 2 nitrogen and oxygen atoms in total. The number of alkyl halides is 5. The lowest BCUT2D eigenvalue weighted by Gasteiger charge is -2.10. The van der Waals surface area contributed by atoms with E-state index in [1.807, 2.05) is 0 Å². The molecule has 0 aliphatic heterocycles. The minimum absolute atomic E-state index is 0.0464. The molecule has 0 spiro atoms. The van der Waals surface area contributed by atoms with Gasteiger partial charge in [-0.25, -0.2) is 8.78 Å². The molecule has 0 unspecified atom stereocenters. The third-order valence-electron chi connectivity index (χ3n) is 1.65. The van der Waals surface area contributed by atoms with E-state index in [0.29, 0.717) is 6.07 Å². The summed E-state index contributed by atoms with van der Waals surface area (Å²) in [5, 5.41) is 0. The normalized spacial score (nSPS) is 11.6. The van der Waals surface area contributed by atoms with Gasteiger partial charge < -0.3 is 4.74 Å². The first-order valence-corrected chi connectivity index (χ1v) is 3.96. The molecular formula is C9H5F5O2. The predicted octanol–water partition coefficient (Wildman–Crippen LogP) is 3.34. The van der Waals surface area contributed by atoms with E-state index < -0.39 is 29.7 Å². The Morgan fingerprint density at radius 3 is 2.31 bits per heavy atom. The summed E-state index contributed by atoms with van der Waals surface area (Å²) in [6.07, 6.45) is -7.81. The zero-order chi connectivity index (χ0) is 12.3. The Kier molecular flexibility index (Phi) is 3.46. The van der Waals surface area contributed by atoms with Crippen LogP contribution in [0.1, 0.15) is 22.3 Å². The second-order valence-corrected chi connectivity index (χ2v) is 2.76. The van der Waals surface area contributed by atoms with Crippen LogP contribution in [0.3, 0.4) is 0 Å². The Bertz CT molecular complexity index is 386. The van der Waals surface area contributed by atoms with Gasteiger partial charge in [-0.3, -0.25) is 4.79 Å². The fourth-order valence-corrected chi connectivity index (χ4v) is 1.05. The molecule has 0 aliphatic carbocycles. The fraction of sp³-hybridized carbons (Fsp3) is 0.222. The molecule has 0 saturated carbocycles. The van der Waals surface area contributed by atoms with Crippen LogP contribution in [-0.4, -0.2) is 12.6 Å². The van der Waals surface area contributed by atoms with Crippen molar-refractivity contribution in [2.45, 2.75) is 12.8 Å². The Balaban J connectivity index is 3.05. The van der Waals surface area contributed by atoms with Crippen LogP contribution in [0.15, 0.2) is 18.2 Å². The molecule has 0 amide bonds. The number of carbonyl (C=O) groups excluding carboxylic acids is 1. The van der Waals surface area contributed by atoms with Crippen molar-refractivity contribution in [1.82, 2.24) is 0 Å². The van der Waals surface area contributed by atoms with Gasteiger partial charge >= 0.3 is 6.36 Å². The summed E-state index contributed by atoms with van der Waals surface area (Å²) in [7, 11) is 0. The minimum Gasteiger partial charge on any atom is -0.406 e. The number of hydrogen-bond acceptors (Lipinski definition) is 2. The van der Waals surface area contributed by atoms with E-state index in [9.17, 15) is 26.7 Å². The van der Waals surface area contributed by atoms with Gasteiger partial charge in [0.25, 0.3) is 6.43 Å². The lowest BCUT2D eigenvalue weighted by atomic mass is 10.1. The smallest absolute Gasteiger partial charge is 0.406 e. The van der Waals surface area contributed by atoms with Gasteiger partial charge in [-0.15, -0.1) is 13.2 Å². The van der Waals surface area contributed by atoms with Crippen LogP contribution >= 0.6 is 0 Å². The summed E-state index contributed by atoms with van der Waals surface area (Å²) in [5.74, 6) is -0.709. The highest BCUT2D eigenvalue weighted by molar-refractivity contribution is 5.78. The lowest BCUT2D eigenvalue weighted by molar-refractivity contribution is -0.274. The van der Waals surface area contributed by atoms with Crippen molar-refractivity contribution in [2.75, 3.05) is 0 Å².